The molecule has 2 aromatic carbocycles. The van der Waals surface area contributed by atoms with Crippen molar-refractivity contribution in [3.8, 4) is 17.2 Å². The summed E-state index contributed by atoms with van der Waals surface area (Å²) in [5.41, 5.74) is 9.68. The predicted octanol–water partition coefficient (Wildman–Crippen LogP) is 3.31. The Morgan fingerprint density at radius 1 is 0.957 bits per heavy atom. The Kier molecular flexibility index (Phi) is 5.88. The van der Waals surface area contributed by atoms with Gasteiger partial charge in [0.05, 0.1) is 21.3 Å². The van der Waals surface area contributed by atoms with E-state index in [1.165, 1.54) is 11.1 Å². The van der Waals surface area contributed by atoms with Crippen molar-refractivity contribution in [1.82, 2.24) is 0 Å². The van der Waals surface area contributed by atoms with Gasteiger partial charge in [-0.1, -0.05) is 24.3 Å². The Balaban J connectivity index is 2.36. The van der Waals surface area contributed by atoms with E-state index in [-0.39, 0.29) is 5.92 Å². The molecule has 1 atom stereocenters. The minimum absolute atomic E-state index is 0.249. The second kappa shape index (κ2) is 7.88. The number of rotatable bonds is 7. The van der Waals surface area contributed by atoms with Crippen LogP contribution in [0.2, 0.25) is 0 Å². The summed E-state index contributed by atoms with van der Waals surface area (Å²) in [6, 6.07) is 12.3. The van der Waals surface area contributed by atoms with Crippen LogP contribution >= 0.6 is 0 Å². The van der Waals surface area contributed by atoms with Gasteiger partial charge in [-0.15, -0.1) is 0 Å². The largest absolute Gasteiger partial charge is 0.493 e. The van der Waals surface area contributed by atoms with Crippen molar-refractivity contribution in [3.05, 3.63) is 53.1 Å². The lowest BCUT2D eigenvalue weighted by Crippen LogP contribution is -2.16. The number of benzene rings is 2. The zero-order chi connectivity index (χ0) is 16.8. The number of ether oxygens (including phenoxy) is 3. The summed E-state index contributed by atoms with van der Waals surface area (Å²) in [5.74, 6) is 2.20. The number of methoxy groups -OCH3 is 3. The lowest BCUT2D eigenvalue weighted by molar-refractivity contribution is 0.323. The smallest absolute Gasteiger partial charge is 0.203 e. The maximum absolute atomic E-state index is 6.03. The minimum Gasteiger partial charge on any atom is -0.493 e. The van der Waals surface area contributed by atoms with Crippen LogP contribution in [0.3, 0.4) is 0 Å². The molecule has 0 aliphatic carbocycles. The van der Waals surface area contributed by atoms with Crippen LogP contribution in [0.4, 0.5) is 0 Å². The fraction of sp³-hybridized carbons (Fsp3) is 0.368. The molecule has 2 N–H and O–H groups in total. The lowest BCUT2D eigenvalue weighted by atomic mass is 9.89. The van der Waals surface area contributed by atoms with Crippen LogP contribution in [0.1, 0.15) is 22.6 Å². The SMILES string of the molecule is COc1cc(CC(CN)c2ccccc2C)cc(OC)c1OC. The third-order valence-corrected chi connectivity index (χ3v) is 4.12. The maximum Gasteiger partial charge on any atom is 0.203 e. The second-order valence-electron chi connectivity index (χ2n) is 5.53. The van der Waals surface area contributed by atoms with Gasteiger partial charge in [0, 0.05) is 5.92 Å². The summed E-state index contributed by atoms with van der Waals surface area (Å²) in [5, 5.41) is 0. The molecule has 0 amide bonds. The number of hydrogen-bond acceptors (Lipinski definition) is 4. The van der Waals surface area contributed by atoms with E-state index >= 15 is 0 Å². The van der Waals surface area contributed by atoms with Crippen LogP contribution < -0.4 is 19.9 Å². The van der Waals surface area contributed by atoms with Gasteiger partial charge in [0.25, 0.3) is 0 Å². The number of aryl methyl sites for hydroxylation is 1. The highest BCUT2D eigenvalue weighted by Gasteiger charge is 2.17. The molecular weight excluding hydrogens is 290 g/mol. The van der Waals surface area contributed by atoms with Crippen molar-refractivity contribution in [2.75, 3.05) is 27.9 Å². The van der Waals surface area contributed by atoms with Crippen molar-refractivity contribution >= 4 is 0 Å². The third kappa shape index (κ3) is 3.77. The van der Waals surface area contributed by atoms with Gasteiger partial charge >= 0.3 is 0 Å². The molecule has 2 aromatic rings. The predicted molar refractivity (Wildman–Crippen MR) is 92.8 cm³/mol. The molecule has 0 aliphatic heterocycles. The molecule has 1 unspecified atom stereocenters. The lowest BCUT2D eigenvalue weighted by Gasteiger charge is -2.19. The Labute approximate surface area is 138 Å². The molecule has 2 rings (SSSR count). The summed E-state index contributed by atoms with van der Waals surface area (Å²) in [6.45, 7) is 2.70. The van der Waals surface area contributed by atoms with E-state index in [2.05, 4.69) is 25.1 Å². The fourth-order valence-corrected chi connectivity index (χ4v) is 2.90. The molecule has 0 fully saturated rings. The summed E-state index contributed by atoms with van der Waals surface area (Å²) >= 11 is 0. The van der Waals surface area contributed by atoms with Crippen LogP contribution in [0.5, 0.6) is 17.2 Å². The van der Waals surface area contributed by atoms with Crippen LogP contribution in [-0.2, 0) is 6.42 Å². The van der Waals surface area contributed by atoms with E-state index in [0.717, 1.165) is 12.0 Å². The Morgan fingerprint density at radius 2 is 1.57 bits per heavy atom. The van der Waals surface area contributed by atoms with E-state index in [9.17, 15) is 0 Å². The maximum atomic E-state index is 6.03. The molecule has 0 saturated carbocycles. The first-order chi connectivity index (χ1) is 11.1. The first-order valence-electron chi connectivity index (χ1n) is 7.69. The highest BCUT2D eigenvalue weighted by molar-refractivity contribution is 5.54. The molecule has 124 valence electrons. The zero-order valence-corrected chi connectivity index (χ0v) is 14.3. The molecule has 4 heteroatoms. The van der Waals surface area contributed by atoms with Gasteiger partial charge in [0.1, 0.15) is 0 Å². The second-order valence-corrected chi connectivity index (χ2v) is 5.53. The summed E-state index contributed by atoms with van der Waals surface area (Å²) in [4.78, 5) is 0. The summed E-state index contributed by atoms with van der Waals surface area (Å²) < 4.78 is 16.2. The third-order valence-electron chi connectivity index (χ3n) is 4.12. The topological polar surface area (TPSA) is 53.7 Å². The molecule has 4 nitrogen and oxygen atoms in total. The van der Waals surface area contributed by atoms with Crippen molar-refractivity contribution in [2.45, 2.75) is 19.3 Å². The fourth-order valence-electron chi connectivity index (χ4n) is 2.90. The standard InChI is InChI=1S/C19H25NO3/c1-13-7-5-6-8-16(13)15(12-20)9-14-10-17(21-2)19(23-4)18(11-14)22-3/h5-8,10-11,15H,9,12,20H2,1-4H3. The van der Waals surface area contributed by atoms with Crippen molar-refractivity contribution in [2.24, 2.45) is 5.73 Å². The van der Waals surface area contributed by atoms with Gasteiger partial charge in [0.15, 0.2) is 11.5 Å². The van der Waals surface area contributed by atoms with E-state index in [1.54, 1.807) is 21.3 Å². The number of nitrogens with two attached hydrogens (primary N) is 1. The quantitative estimate of drug-likeness (QED) is 0.852. The van der Waals surface area contributed by atoms with Crippen LogP contribution in [0.25, 0.3) is 0 Å². The molecule has 0 spiro atoms. The van der Waals surface area contributed by atoms with E-state index in [1.807, 2.05) is 18.2 Å². The van der Waals surface area contributed by atoms with Crippen molar-refractivity contribution in [3.63, 3.8) is 0 Å². The van der Waals surface area contributed by atoms with Gasteiger partial charge in [-0.05, 0) is 48.7 Å². The van der Waals surface area contributed by atoms with E-state index < -0.39 is 0 Å². The normalized spacial score (nSPS) is 11.9. The zero-order valence-electron chi connectivity index (χ0n) is 14.3. The molecular formula is C19H25NO3. The van der Waals surface area contributed by atoms with Gasteiger partial charge < -0.3 is 19.9 Å². The summed E-state index contributed by atoms with van der Waals surface area (Å²) in [6.07, 6.45) is 0.818. The average Bonchev–Trinajstić information content (AvgIpc) is 2.59. The Bertz CT molecular complexity index is 630. The first-order valence-corrected chi connectivity index (χ1v) is 7.69. The molecule has 0 radical (unpaired) electrons. The summed E-state index contributed by atoms with van der Waals surface area (Å²) in [7, 11) is 4.86. The van der Waals surface area contributed by atoms with Gasteiger partial charge in [-0.2, -0.15) is 0 Å². The molecule has 0 bridgehead atoms. The van der Waals surface area contributed by atoms with Crippen molar-refractivity contribution < 1.29 is 14.2 Å². The van der Waals surface area contributed by atoms with Crippen LogP contribution in [-0.4, -0.2) is 27.9 Å². The Hall–Kier alpha value is -2.20. The molecule has 0 saturated heterocycles. The number of hydrogen-bond donors (Lipinski definition) is 1. The van der Waals surface area contributed by atoms with Crippen LogP contribution in [0.15, 0.2) is 36.4 Å². The van der Waals surface area contributed by atoms with E-state index in [0.29, 0.717) is 23.8 Å². The average molecular weight is 315 g/mol. The molecule has 0 aliphatic rings. The molecule has 23 heavy (non-hydrogen) atoms. The molecule has 0 aromatic heterocycles. The van der Waals surface area contributed by atoms with E-state index in [4.69, 9.17) is 19.9 Å². The van der Waals surface area contributed by atoms with Gasteiger partial charge in [0.2, 0.25) is 5.75 Å². The first kappa shape index (κ1) is 17.2. The van der Waals surface area contributed by atoms with Gasteiger partial charge in [-0.25, -0.2) is 0 Å². The monoisotopic (exact) mass is 315 g/mol. The molecule has 0 heterocycles. The Morgan fingerprint density at radius 3 is 2.04 bits per heavy atom. The van der Waals surface area contributed by atoms with Gasteiger partial charge in [-0.3, -0.25) is 0 Å². The minimum atomic E-state index is 0.249. The highest BCUT2D eigenvalue weighted by Crippen LogP contribution is 2.39. The van der Waals surface area contributed by atoms with Crippen LogP contribution in [0, 0.1) is 6.92 Å². The van der Waals surface area contributed by atoms with Crippen molar-refractivity contribution in [1.29, 1.82) is 0 Å². The highest BCUT2D eigenvalue weighted by atomic mass is 16.5.